The van der Waals surface area contributed by atoms with E-state index in [2.05, 4.69) is 5.32 Å². The Hall–Kier alpha value is -3.85. The van der Waals surface area contributed by atoms with Crippen molar-refractivity contribution in [1.29, 1.82) is 0 Å². The number of aryl methyl sites for hydroxylation is 1. The van der Waals surface area contributed by atoms with E-state index >= 15 is 0 Å². The summed E-state index contributed by atoms with van der Waals surface area (Å²) in [6.07, 6.45) is 1.74. The highest BCUT2D eigenvalue weighted by Crippen LogP contribution is 2.32. The van der Waals surface area contributed by atoms with Crippen molar-refractivity contribution >= 4 is 27.5 Å². The molecule has 0 aliphatic carbocycles. The molecular weight excluding hydrogens is 526 g/mol. The minimum atomic E-state index is -4.16. The van der Waals surface area contributed by atoms with Crippen LogP contribution < -0.4 is 14.4 Å². The average Bonchev–Trinajstić information content (AvgIpc) is 2.96. The fraction of sp³-hybridized carbons (Fsp3) is 0.355. The Morgan fingerprint density at radius 3 is 2.23 bits per heavy atom. The van der Waals surface area contributed by atoms with Crippen molar-refractivity contribution in [1.82, 2.24) is 10.2 Å². The molecule has 0 aliphatic heterocycles. The van der Waals surface area contributed by atoms with Crippen LogP contribution >= 0.6 is 0 Å². The zero-order valence-electron chi connectivity index (χ0n) is 23.7. The van der Waals surface area contributed by atoms with Crippen molar-refractivity contribution in [3.05, 3.63) is 90.0 Å². The molecule has 3 aromatic carbocycles. The molecule has 8 nitrogen and oxygen atoms in total. The number of sulfonamides is 1. The second-order valence-electron chi connectivity index (χ2n) is 9.55. The van der Waals surface area contributed by atoms with Gasteiger partial charge < -0.3 is 15.0 Å². The van der Waals surface area contributed by atoms with Crippen molar-refractivity contribution in [2.75, 3.05) is 24.0 Å². The minimum Gasteiger partial charge on any atom is -0.492 e. The number of hydrogen-bond acceptors (Lipinski definition) is 5. The number of nitrogens with one attached hydrogen (secondary N) is 1. The van der Waals surface area contributed by atoms with E-state index < -0.39 is 28.5 Å². The van der Waals surface area contributed by atoms with Crippen molar-refractivity contribution in [3.63, 3.8) is 0 Å². The average molecular weight is 566 g/mol. The molecule has 0 radical (unpaired) electrons. The van der Waals surface area contributed by atoms with Crippen LogP contribution in [0, 0.1) is 6.92 Å². The molecule has 2 amide bonds. The number of nitrogens with zero attached hydrogens (tertiary/aromatic N) is 2. The zero-order valence-corrected chi connectivity index (χ0v) is 24.5. The van der Waals surface area contributed by atoms with E-state index in [0.29, 0.717) is 18.9 Å². The Morgan fingerprint density at radius 1 is 0.925 bits per heavy atom. The Kier molecular flexibility index (Phi) is 11.1. The van der Waals surface area contributed by atoms with E-state index in [4.69, 9.17) is 4.74 Å². The van der Waals surface area contributed by atoms with Crippen LogP contribution in [0.5, 0.6) is 5.75 Å². The molecule has 214 valence electrons. The Labute approximate surface area is 238 Å². The molecule has 3 rings (SSSR count). The molecule has 0 saturated heterocycles. The summed E-state index contributed by atoms with van der Waals surface area (Å²) < 4.78 is 34.7. The zero-order chi connectivity index (χ0) is 29.1. The van der Waals surface area contributed by atoms with E-state index in [1.807, 2.05) is 38.1 Å². The first-order chi connectivity index (χ1) is 19.2. The lowest BCUT2D eigenvalue weighted by atomic mass is 10.1. The first kappa shape index (κ1) is 30.7. The Morgan fingerprint density at radius 2 is 1.57 bits per heavy atom. The molecule has 0 saturated carbocycles. The van der Waals surface area contributed by atoms with Gasteiger partial charge in [0.25, 0.3) is 10.0 Å². The fourth-order valence-electron chi connectivity index (χ4n) is 4.18. The SMILES string of the molecule is CCCCNC(=O)[C@H](C)N(Cc1ccc(C)cc1)C(=O)CN(c1ccccc1OCC)S(=O)(=O)c1ccccc1. The Bertz CT molecular complexity index is 1360. The van der Waals surface area contributed by atoms with Gasteiger partial charge in [-0.05, 0) is 57.0 Å². The van der Waals surface area contributed by atoms with Crippen LogP contribution in [-0.2, 0) is 26.2 Å². The van der Waals surface area contributed by atoms with Crippen LogP contribution in [0.2, 0.25) is 0 Å². The van der Waals surface area contributed by atoms with Crippen molar-refractivity contribution in [2.45, 2.75) is 58.0 Å². The summed E-state index contributed by atoms with van der Waals surface area (Å²) in [5.41, 5.74) is 2.15. The molecule has 0 heterocycles. The van der Waals surface area contributed by atoms with Gasteiger partial charge in [-0.25, -0.2) is 8.42 Å². The summed E-state index contributed by atoms with van der Waals surface area (Å²) >= 11 is 0. The molecule has 9 heteroatoms. The minimum absolute atomic E-state index is 0.0459. The molecule has 1 atom stereocenters. The molecule has 0 aliphatic rings. The largest absolute Gasteiger partial charge is 0.492 e. The second kappa shape index (κ2) is 14.5. The lowest BCUT2D eigenvalue weighted by molar-refractivity contribution is -0.139. The van der Waals surface area contributed by atoms with Crippen LogP contribution in [-0.4, -0.2) is 50.9 Å². The summed E-state index contributed by atoms with van der Waals surface area (Å²) in [6.45, 7) is 7.93. The monoisotopic (exact) mass is 565 g/mol. The summed E-state index contributed by atoms with van der Waals surface area (Å²) in [5, 5.41) is 2.90. The Balaban J connectivity index is 2.03. The van der Waals surface area contributed by atoms with Gasteiger partial charge in [-0.1, -0.05) is 73.5 Å². The predicted molar refractivity (Wildman–Crippen MR) is 158 cm³/mol. The van der Waals surface area contributed by atoms with Gasteiger partial charge in [0.05, 0.1) is 17.2 Å². The smallest absolute Gasteiger partial charge is 0.264 e. The second-order valence-corrected chi connectivity index (χ2v) is 11.4. The molecule has 0 aromatic heterocycles. The molecule has 0 fully saturated rings. The first-order valence-electron chi connectivity index (χ1n) is 13.6. The van der Waals surface area contributed by atoms with Gasteiger partial charge in [0.15, 0.2) is 0 Å². The standard InChI is InChI=1S/C31H39N3O5S/c1-5-7-21-32-31(36)25(4)33(22-26-19-17-24(3)18-20-26)30(35)23-34(28-15-11-12-16-29(28)39-6-2)40(37,38)27-13-9-8-10-14-27/h8-20,25H,5-7,21-23H2,1-4H3,(H,32,36)/t25-/m0/s1. The van der Waals surface area contributed by atoms with Gasteiger partial charge in [-0.15, -0.1) is 0 Å². The number of amides is 2. The van der Waals surface area contributed by atoms with Gasteiger partial charge >= 0.3 is 0 Å². The number of carbonyl (C=O) groups is 2. The summed E-state index contributed by atoms with van der Waals surface area (Å²) in [4.78, 5) is 28.6. The number of unbranched alkanes of at least 4 members (excludes halogenated alkanes) is 1. The number of carbonyl (C=O) groups excluding carboxylic acids is 2. The van der Waals surface area contributed by atoms with Crippen molar-refractivity contribution in [3.8, 4) is 5.75 Å². The molecule has 1 N–H and O–H groups in total. The molecule has 0 unspecified atom stereocenters. The highest BCUT2D eigenvalue weighted by molar-refractivity contribution is 7.92. The van der Waals surface area contributed by atoms with Crippen LogP contribution in [0.4, 0.5) is 5.69 Å². The van der Waals surface area contributed by atoms with Crippen LogP contribution in [0.3, 0.4) is 0 Å². The molecule has 0 bridgehead atoms. The summed E-state index contributed by atoms with van der Waals surface area (Å²) in [6, 6.07) is 21.6. The van der Waals surface area contributed by atoms with Gasteiger partial charge in [-0.3, -0.25) is 13.9 Å². The first-order valence-corrected chi connectivity index (χ1v) is 15.0. The van der Waals surface area contributed by atoms with E-state index in [0.717, 1.165) is 28.3 Å². The van der Waals surface area contributed by atoms with E-state index in [9.17, 15) is 18.0 Å². The lowest BCUT2D eigenvalue weighted by Crippen LogP contribution is -2.51. The summed E-state index contributed by atoms with van der Waals surface area (Å²) in [5.74, 6) is -0.460. The third-order valence-corrected chi connectivity index (χ3v) is 8.29. The maximum atomic E-state index is 14.0. The van der Waals surface area contributed by atoms with E-state index in [1.165, 1.54) is 17.0 Å². The number of anilines is 1. The van der Waals surface area contributed by atoms with Gasteiger partial charge in [0, 0.05) is 13.1 Å². The predicted octanol–water partition coefficient (Wildman–Crippen LogP) is 4.92. The fourth-order valence-corrected chi connectivity index (χ4v) is 5.63. The third-order valence-electron chi connectivity index (χ3n) is 6.51. The van der Waals surface area contributed by atoms with Gasteiger partial charge in [0.1, 0.15) is 18.3 Å². The highest BCUT2D eigenvalue weighted by Gasteiger charge is 2.33. The van der Waals surface area contributed by atoms with E-state index in [-0.39, 0.29) is 23.0 Å². The number of hydrogen-bond donors (Lipinski definition) is 1. The number of benzene rings is 3. The molecular formula is C31H39N3O5S. The summed E-state index contributed by atoms with van der Waals surface area (Å²) in [7, 11) is -4.16. The van der Waals surface area contributed by atoms with Crippen molar-refractivity contribution < 1.29 is 22.7 Å². The normalized spacial score (nSPS) is 11.9. The van der Waals surface area contributed by atoms with E-state index in [1.54, 1.807) is 56.3 Å². The molecule has 40 heavy (non-hydrogen) atoms. The topological polar surface area (TPSA) is 96.0 Å². The van der Waals surface area contributed by atoms with Crippen molar-refractivity contribution in [2.24, 2.45) is 0 Å². The maximum Gasteiger partial charge on any atom is 0.264 e. The maximum absolute atomic E-state index is 14.0. The van der Waals surface area contributed by atoms with Gasteiger partial charge in [-0.2, -0.15) is 0 Å². The number of rotatable bonds is 14. The third kappa shape index (κ3) is 7.85. The number of ether oxygens (including phenoxy) is 1. The molecule has 3 aromatic rings. The van der Waals surface area contributed by atoms with Crippen LogP contribution in [0.15, 0.2) is 83.8 Å². The quantitative estimate of drug-likeness (QED) is 0.280. The highest BCUT2D eigenvalue weighted by atomic mass is 32.2. The van der Waals surface area contributed by atoms with Crippen LogP contribution in [0.25, 0.3) is 0 Å². The van der Waals surface area contributed by atoms with Crippen LogP contribution in [0.1, 0.15) is 44.7 Å². The lowest BCUT2D eigenvalue weighted by Gasteiger charge is -2.32. The molecule has 0 spiro atoms. The number of para-hydroxylation sites is 2. The van der Waals surface area contributed by atoms with Gasteiger partial charge in [0.2, 0.25) is 11.8 Å².